The van der Waals surface area contributed by atoms with Crippen molar-refractivity contribution in [3.05, 3.63) is 30.3 Å². The first kappa shape index (κ1) is 17.4. The van der Waals surface area contributed by atoms with Gasteiger partial charge >= 0.3 is 0 Å². The molecule has 1 aromatic rings. The maximum absolute atomic E-state index is 11.8. The van der Waals surface area contributed by atoms with Gasteiger partial charge in [0.15, 0.2) is 5.96 Å². The minimum absolute atomic E-state index is 0. The van der Waals surface area contributed by atoms with Crippen molar-refractivity contribution in [1.82, 2.24) is 5.32 Å². The highest BCUT2D eigenvalue weighted by atomic mass is 127. The molecule has 4 nitrogen and oxygen atoms in total. The topological polar surface area (TPSA) is 67.5 Å². The van der Waals surface area contributed by atoms with Gasteiger partial charge in [-0.2, -0.15) is 0 Å². The number of halogens is 1. The van der Waals surface area contributed by atoms with E-state index in [2.05, 4.69) is 10.3 Å². The Morgan fingerprint density at radius 3 is 2.67 bits per heavy atom. The van der Waals surface area contributed by atoms with Gasteiger partial charge in [0.1, 0.15) is 0 Å². The molecular formula is C12H20IN3OS. The zero-order valence-corrected chi connectivity index (χ0v) is 13.6. The van der Waals surface area contributed by atoms with Crippen molar-refractivity contribution >= 4 is 40.7 Å². The summed E-state index contributed by atoms with van der Waals surface area (Å²) in [5.41, 5.74) is 5.62. The third-order valence-electron chi connectivity index (χ3n) is 2.11. The quantitative estimate of drug-likeness (QED) is 0.448. The van der Waals surface area contributed by atoms with Gasteiger partial charge in [0.25, 0.3) is 0 Å². The molecule has 0 fully saturated rings. The van der Waals surface area contributed by atoms with Gasteiger partial charge in [-0.1, -0.05) is 25.1 Å². The van der Waals surface area contributed by atoms with Crippen LogP contribution < -0.4 is 11.1 Å². The zero-order chi connectivity index (χ0) is 12.5. The number of nitrogens with two attached hydrogens (primary N) is 1. The van der Waals surface area contributed by atoms with Crippen LogP contribution in [-0.2, 0) is 10.8 Å². The monoisotopic (exact) mass is 381 g/mol. The number of rotatable bonds is 6. The van der Waals surface area contributed by atoms with Gasteiger partial charge in [0, 0.05) is 23.7 Å². The van der Waals surface area contributed by atoms with Crippen LogP contribution in [0.2, 0.25) is 0 Å². The van der Waals surface area contributed by atoms with E-state index >= 15 is 0 Å². The highest BCUT2D eigenvalue weighted by Gasteiger charge is 2.02. The van der Waals surface area contributed by atoms with E-state index in [1.54, 1.807) is 0 Å². The molecule has 18 heavy (non-hydrogen) atoms. The fraction of sp³-hybridized carbons (Fsp3) is 0.417. The largest absolute Gasteiger partial charge is 0.370 e. The molecule has 102 valence electrons. The summed E-state index contributed by atoms with van der Waals surface area (Å²) >= 11 is 0. The maximum Gasteiger partial charge on any atom is 0.188 e. The molecule has 0 aromatic heterocycles. The molecule has 1 atom stereocenters. The van der Waals surface area contributed by atoms with Crippen LogP contribution in [0, 0.1) is 0 Å². The number of hydrogen-bond donors (Lipinski definition) is 2. The fourth-order valence-electron chi connectivity index (χ4n) is 1.25. The average molecular weight is 381 g/mol. The molecule has 6 heteroatoms. The number of nitrogens with one attached hydrogen (secondary N) is 1. The van der Waals surface area contributed by atoms with Crippen LogP contribution in [0.4, 0.5) is 0 Å². The molecule has 0 aliphatic carbocycles. The Labute approximate surface area is 128 Å². The highest BCUT2D eigenvalue weighted by Crippen LogP contribution is 2.04. The van der Waals surface area contributed by atoms with E-state index in [4.69, 9.17) is 5.73 Å². The first-order chi connectivity index (χ1) is 8.24. The van der Waals surface area contributed by atoms with Crippen LogP contribution in [0.5, 0.6) is 0 Å². The average Bonchev–Trinajstić information content (AvgIpc) is 2.37. The van der Waals surface area contributed by atoms with Gasteiger partial charge in [0.2, 0.25) is 0 Å². The van der Waals surface area contributed by atoms with Gasteiger partial charge in [-0.25, -0.2) is 0 Å². The van der Waals surface area contributed by atoms with Gasteiger partial charge in [-0.15, -0.1) is 24.0 Å². The minimum Gasteiger partial charge on any atom is -0.370 e. The Morgan fingerprint density at radius 2 is 2.06 bits per heavy atom. The smallest absolute Gasteiger partial charge is 0.188 e. The maximum atomic E-state index is 11.8. The molecule has 0 saturated carbocycles. The Morgan fingerprint density at radius 1 is 1.39 bits per heavy atom. The van der Waals surface area contributed by atoms with E-state index in [-0.39, 0.29) is 24.0 Å². The number of benzene rings is 1. The van der Waals surface area contributed by atoms with Crippen LogP contribution in [0.3, 0.4) is 0 Å². The fourth-order valence-corrected chi connectivity index (χ4v) is 2.23. The Kier molecular flexibility index (Phi) is 9.95. The summed E-state index contributed by atoms with van der Waals surface area (Å²) < 4.78 is 11.8. The lowest BCUT2D eigenvalue weighted by atomic mass is 10.4. The predicted molar refractivity (Wildman–Crippen MR) is 87.9 cm³/mol. The second-order valence-corrected chi connectivity index (χ2v) is 5.13. The van der Waals surface area contributed by atoms with E-state index in [0.717, 1.165) is 17.9 Å². The molecule has 0 amide bonds. The van der Waals surface area contributed by atoms with Crippen molar-refractivity contribution in [2.45, 2.75) is 18.2 Å². The van der Waals surface area contributed by atoms with Crippen LogP contribution in [0.1, 0.15) is 13.3 Å². The molecule has 0 aliphatic heterocycles. The van der Waals surface area contributed by atoms with Crippen molar-refractivity contribution in [3.8, 4) is 0 Å². The standard InChI is InChI=1S/C12H19N3OS.HI/c1-2-8-14-12(13)15-9-10-17(16)11-6-4-3-5-7-11;/h3-7H,2,8-10H2,1H3,(H3,13,14,15);1H. The van der Waals surface area contributed by atoms with E-state index in [1.807, 2.05) is 37.3 Å². The van der Waals surface area contributed by atoms with Gasteiger partial charge < -0.3 is 11.1 Å². The third-order valence-corrected chi connectivity index (χ3v) is 3.48. The molecule has 0 spiro atoms. The number of aliphatic imine (C=N–C) groups is 1. The van der Waals surface area contributed by atoms with Crippen molar-refractivity contribution in [1.29, 1.82) is 0 Å². The third kappa shape index (κ3) is 6.95. The number of guanidine groups is 1. The molecule has 0 heterocycles. The summed E-state index contributed by atoms with van der Waals surface area (Å²) in [5.74, 6) is 0.962. The lowest BCUT2D eigenvalue weighted by Gasteiger charge is -2.05. The van der Waals surface area contributed by atoms with Gasteiger partial charge in [0.05, 0.1) is 10.8 Å². The summed E-state index contributed by atoms with van der Waals surface area (Å²) in [6.07, 6.45) is 0.971. The molecule has 3 N–H and O–H groups in total. The lowest BCUT2D eigenvalue weighted by molar-refractivity contribution is 0.681. The minimum atomic E-state index is -0.979. The summed E-state index contributed by atoms with van der Waals surface area (Å²) in [5, 5.41) is 2.95. The predicted octanol–water partition coefficient (Wildman–Crippen LogP) is 1.73. The molecule has 1 aromatic carbocycles. The molecule has 1 rings (SSSR count). The molecule has 0 aliphatic rings. The van der Waals surface area contributed by atoms with Crippen LogP contribution in [0.25, 0.3) is 0 Å². The SMILES string of the molecule is CCCN=C(N)NCCS(=O)c1ccccc1.I. The summed E-state index contributed by atoms with van der Waals surface area (Å²) in [7, 11) is -0.979. The van der Waals surface area contributed by atoms with Crippen molar-refractivity contribution < 1.29 is 4.21 Å². The summed E-state index contributed by atoms with van der Waals surface area (Å²) in [6, 6.07) is 9.42. The molecule has 0 radical (unpaired) electrons. The van der Waals surface area contributed by atoms with Crippen LogP contribution in [0.15, 0.2) is 40.2 Å². The Bertz CT molecular complexity index is 384. The van der Waals surface area contributed by atoms with Crippen molar-refractivity contribution in [2.24, 2.45) is 10.7 Å². The normalized spacial score (nSPS) is 12.6. The Balaban J connectivity index is 0.00000289. The van der Waals surface area contributed by atoms with Gasteiger partial charge in [-0.05, 0) is 18.6 Å². The molecular weight excluding hydrogens is 361 g/mol. The number of nitrogens with zero attached hydrogens (tertiary/aromatic N) is 1. The summed E-state index contributed by atoms with van der Waals surface area (Å²) in [6.45, 7) is 3.34. The second-order valence-electron chi connectivity index (χ2n) is 3.56. The molecule has 0 bridgehead atoms. The molecule has 1 unspecified atom stereocenters. The second kappa shape index (κ2) is 10.3. The van der Waals surface area contributed by atoms with Crippen molar-refractivity contribution in [3.63, 3.8) is 0 Å². The van der Waals surface area contributed by atoms with E-state index in [9.17, 15) is 4.21 Å². The first-order valence-electron chi connectivity index (χ1n) is 5.71. The lowest BCUT2D eigenvalue weighted by Crippen LogP contribution is -2.34. The number of hydrogen-bond acceptors (Lipinski definition) is 2. The van der Waals surface area contributed by atoms with Crippen LogP contribution in [-0.4, -0.2) is 29.0 Å². The first-order valence-corrected chi connectivity index (χ1v) is 7.03. The van der Waals surface area contributed by atoms with E-state index in [0.29, 0.717) is 18.3 Å². The summed E-state index contributed by atoms with van der Waals surface area (Å²) in [4.78, 5) is 4.94. The molecule has 0 saturated heterocycles. The van der Waals surface area contributed by atoms with Gasteiger partial charge in [-0.3, -0.25) is 9.20 Å². The Hall–Kier alpha value is -0.630. The van der Waals surface area contributed by atoms with Crippen molar-refractivity contribution in [2.75, 3.05) is 18.8 Å². The van der Waals surface area contributed by atoms with Crippen LogP contribution >= 0.6 is 24.0 Å². The van der Waals surface area contributed by atoms with E-state index in [1.165, 1.54) is 0 Å². The highest BCUT2D eigenvalue weighted by molar-refractivity contribution is 14.0. The zero-order valence-electron chi connectivity index (χ0n) is 10.5. The van der Waals surface area contributed by atoms with E-state index < -0.39 is 10.8 Å².